The first kappa shape index (κ1) is 16.2. The van der Waals surface area contributed by atoms with Crippen LogP contribution in [0.2, 0.25) is 5.02 Å². The van der Waals surface area contributed by atoms with Crippen LogP contribution in [0.25, 0.3) is 0 Å². The standard InChI is InChI=1S/C16H20ClN3O3/c17-12-3-1-5-14(20(22)23)15(12)16(21)19-9-6-11(7-10-19)13-4-2-8-18-13/h1,3,5,11,13,18H,2,4,6-10H2. The van der Waals surface area contributed by atoms with E-state index in [4.69, 9.17) is 11.6 Å². The highest BCUT2D eigenvalue weighted by Crippen LogP contribution is 2.31. The first-order valence-corrected chi connectivity index (χ1v) is 8.41. The van der Waals surface area contributed by atoms with E-state index in [0.717, 1.165) is 19.4 Å². The summed E-state index contributed by atoms with van der Waals surface area (Å²) in [7, 11) is 0. The van der Waals surface area contributed by atoms with Gasteiger partial charge in [-0.1, -0.05) is 17.7 Å². The molecular formula is C16H20ClN3O3. The lowest BCUT2D eigenvalue weighted by Crippen LogP contribution is -2.43. The molecule has 23 heavy (non-hydrogen) atoms. The Hall–Kier alpha value is -1.66. The zero-order chi connectivity index (χ0) is 16.4. The van der Waals surface area contributed by atoms with Gasteiger partial charge < -0.3 is 10.2 Å². The Labute approximate surface area is 139 Å². The number of halogens is 1. The molecule has 2 aliphatic rings. The van der Waals surface area contributed by atoms with Crippen molar-refractivity contribution in [3.8, 4) is 0 Å². The van der Waals surface area contributed by atoms with E-state index in [1.807, 2.05) is 0 Å². The number of carbonyl (C=O) groups excluding carboxylic acids is 1. The largest absolute Gasteiger partial charge is 0.338 e. The number of nitro groups is 1. The predicted molar refractivity (Wildman–Crippen MR) is 87.8 cm³/mol. The summed E-state index contributed by atoms with van der Waals surface area (Å²) in [5.74, 6) is 0.253. The maximum atomic E-state index is 12.7. The third-order valence-corrected chi connectivity index (χ3v) is 5.21. The third-order valence-electron chi connectivity index (χ3n) is 4.90. The number of hydrogen-bond acceptors (Lipinski definition) is 4. The van der Waals surface area contributed by atoms with Crippen LogP contribution < -0.4 is 5.32 Å². The van der Waals surface area contributed by atoms with Crippen LogP contribution in [0, 0.1) is 16.0 Å². The Morgan fingerprint density at radius 2 is 2.04 bits per heavy atom. The summed E-state index contributed by atoms with van der Waals surface area (Å²) in [6, 6.07) is 4.91. The topological polar surface area (TPSA) is 75.5 Å². The van der Waals surface area contributed by atoms with Gasteiger partial charge in [0.1, 0.15) is 5.56 Å². The number of nitrogens with zero attached hydrogens (tertiary/aromatic N) is 2. The number of nitro benzene ring substituents is 1. The minimum Gasteiger partial charge on any atom is -0.338 e. The number of hydrogen-bond donors (Lipinski definition) is 1. The molecule has 0 radical (unpaired) electrons. The van der Waals surface area contributed by atoms with Gasteiger partial charge in [0.05, 0.1) is 9.95 Å². The van der Waals surface area contributed by atoms with Gasteiger partial charge in [0, 0.05) is 25.2 Å². The fraction of sp³-hybridized carbons (Fsp3) is 0.562. The lowest BCUT2D eigenvalue weighted by molar-refractivity contribution is -0.385. The number of nitrogens with one attached hydrogen (secondary N) is 1. The molecule has 0 bridgehead atoms. The number of likely N-dealkylation sites (tertiary alicyclic amines) is 1. The molecule has 2 fully saturated rings. The zero-order valence-corrected chi connectivity index (χ0v) is 13.6. The normalized spacial score (nSPS) is 22.3. The average molecular weight is 338 g/mol. The van der Waals surface area contributed by atoms with Crippen molar-refractivity contribution in [3.63, 3.8) is 0 Å². The quantitative estimate of drug-likeness (QED) is 0.679. The van der Waals surface area contributed by atoms with Crippen molar-refractivity contribution < 1.29 is 9.72 Å². The van der Waals surface area contributed by atoms with Gasteiger partial charge in [0.25, 0.3) is 11.6 Å². The van der Waals surface area contributed by atoms with Gasteiger partial charge in [-0.05, 0) is 44.2 Å². The van der Waals surface area contributed by atoms with Crippen molar-refractivity contribution in [2.24, 2.45) is 5.92 Å². The minimum atomic E-state index is -0.547. The van der Waals surface area contributed by atoms with Gasteiger partial charge in [-0.2, -0.15) is 0 Å². The lowest BCUT2D eigenvalue weighted by Gasteiger charge is -2.35. The van der Waals surface area contributed by atoms with Gasteiger partial charge in [0.15, 0.2) is 0 Å². The highest BCUT2D eigenvalue weighted by Gasteiger charge is 2.33. The number of carbonyl (C=O) groups is 1. The Balaban J connectivity index is 1.71. The fourth-order valence-electron chi connectivity index (χ4n) is 3.65. The molecular weight excluding hydrogens is 318 g/mol. The molecule has 6 nitrogen and oxygen atoms in total. The Kier molecular flexibility index (Phi) is 4.82. The molecule has 1 amide bonds. The summed E-state index contributed by atoms with van der Waals surface area (Å²) in [6.45, 7) is 2.34. The molecule has 1 aromatic rings. The second-order valence-electron chi connectivity index (χ2n) is 6.22. The van der Waals surface area contributed by atoms with Crippen LogP contribution in [0.3, 0.4) is 0 Å². The van der Waals surface area contributed by atoms with E-state index < -0.39 is 4.92 Å². The van der Waals surface area contributed by atoms with Crippen LogP contribution in [-0.4, -0.2) is 41.4 Å². The van der Waals surface area contributed by atoms with Crippen LogP contribution in [0.5, 0.6) is 0 Å². The van der Waals surface area contributed by atoms with Gasteiger partial charge in [-0.15, -0.1) is 0 Å². The van der Waals surface area contributed by atoms with Gasteiger partial charge >= 0.3 is 0 Å². The molecule has 1 N–H and O–H groups in total. The summed E-state index contributed by atoms with van der Waals surface area (Å²) < 4.78 is 0. The molecule has 0 aliphatic carbocycles. The van der Waals surface area contributed by atoms with E-state index in [1.54, 1.807) is 4.90 Å². The van der Waals surface area contributed by atoms with Crippen LogP contribution in [0.15, 0.2) is 18.2 Å². The minimum absolute atomic E-state index is 0.0107. The van der Waals surface area contributed by atoms with Crippen LogP contribution in [0.1, 0.15) is 36.0 Å². The highest BCUT2D eigenvalue weighted by molar-refractivity contribution is 6.34. The highest BCUT2D eigenvalue weighted by atomic mass is 35.5. The Morgan fingerprint density at radius 3 is 2.65 bits per heavy atom. The molecule has 3 rings (SSSR count). The second-order valence-corrected chi connectivity index (χ2v) is 6.63. The van der Waals surface area contributed by atoms with Crippen molar-refractivity contribution in [3.05, 3.63) is 38.9 Å². The monoisotopic (exact) mass is 337 g/mol. The van der Waals surface area contributed by atoms with Crippen molar-refractivity contribution >= 4 is 23.2 Å². The number of benzene rings is 1. The van der Waals surface area contributed by atoms with Crippen molar-refractivity contribution in [2.75, 3.05) is 19.6 Å². The maximum Gasteiger partial charge on any atom is 0.283 e. The molecule has 1 aromatic carbocycles. The third kappa shape index (κ3) is 3.33. The number of piperidine rings is 1. The fourth-order valence-corrected chi connectivity index (χ4v) is 3.90. The Bertz CT molecular complexity index is 609. The average Bonchev–Trinajstić information content (AvgIpc) is 3.08. The van der Waals surface area contributed by atoms with Gasteiger partial charge in [-0.25, -0.2) is 0 Å². The summed E-state index contributed by atoms with van der Waals surface area (Å²) >= 11 is 6.06. The smallest absolute Gasteiger partial charge is 0.283 e. The van der Waals surface area contributed by atoms with E-state index in [2.05, 4.69) is 5.32 Å². The summed E-state index contributed by atoms with van der Waals surface area (Å²) in [4.78, 5) is 25.0. The van der Waals surface area contributed by atoms with E-state index in [1.165, 1.54) is 31.0 Å². The second kappa shape index (κ2) is 6.84. The van der Waals surface area contributed by atoms with Crippen LogP contribution >= 0.6 is 11.6 Å². The van der Waals surface area contributed by atoms with Crippen LogP contribution in [0.4, 0.5) is 5.69 Å². The molecule has 2 aliphatic heterocycles. The molecule has 7 heteroatoms. The van der Waals surface area contributed by atoms with E-state index >= 15 is 0 Å². The summed E-state index contributed by atoms with van der Waals surface area (Å²) in [5.41, 5.74) is -0.210. The Morgan fingerprint density at radius 1 is 1.30 bits per heavy atom. The first-order chi connectivity index (χ1) is 11.1. The molecule has 2 heterocycles. The van der Waals surface area contributed by atoms with Gasteiger partial charge in [-0.3, -0.25) is 14.9 Å². The SMILES string of the molecule is O=C(c1c(Cl)cccc1[N+](=O)[O-])N1CCC(C2CCCN2)CC1. The molecule has 1 atom stereocenters. The number of rotatable bonds is 3. The van der Waals surface area contributed by atoms with Crippen molar-refractivity contribution in [1.29, 1.82) is 0 Å². The molecule has 0 aromatic heterocycles. The molecule has 2 saturated heterocycles. The van der Waals surface area contributed by atoms with E-state index in [0.29, 0.717) is 25.0 Å². The molecule has 0 spiro atoms. The molecule has 0 saturated carbocycles. The molecule has 1 unspecified atom stereocenters. The lowest BCUT2D eigenvalue weighted by atomic mass is 9.88. The summed E-state index contributed by atoms with van der Waals surface area (Å²) in [6.07, 6.45) is 4.29. The van der Waals surface area contributed by atoms with E-state index in [9.17, 15) is 14.9 Å². The number of amides is 1. The van der Waals surface area contributed by atoms with Crippen molar-refractivity contribution in [1.82, 2.24) is 10.2 Å². The molecule has 124 valence electrons. The first-order valence-electron chi connectivity index (χ1n) is 8.03. The van der Waals surface area contributed by atoms with Gasteiger partial charge in [0.2, 0.25) is 0 Å². The van der Waals surface area contributed by atoms with E-state index in [-0.39, 0.29) is 22.2 Å². The predicted octanol–water partition coefficient (Wildman–Crippen LogP) is 2.85. The zero-order valence-electron chi connectivity index (χ0n) is 12.8. The van der Waals surface area contributed by atoms with Crippen molar-refractivity contribution in [2.45, 2.75) is 31.7 Å². The van der Waals surface area contributed by atoms with Crippen LogP contribution in [-0.2, 0) is 0 Å². The summed E-state index contributed by atoms with van der Waals surface area (Å²) in [5, 5.41) is 14.8. The maximum absolute atomic E-state index is 12.7.